The number of ether oxygens (including phenoxy) is 3. The first kappa shape index (κ1) is 59.4. The molecule has 0 fully saturated rings. The van der Waals surface area contributed by atoms with E-state index < -0.39 is 6.10 Å². The van der Waals surface area contributed by atoms with E-state index in [1.54, 1.807) is 0 Å². The van der Waals surface area contributed by atoms with Crippen LogP contribution in [-0.2, 0) is 28.6 Å². The summed E-state index contributed by atoms with van der Waals surface area (Å²) in [5.41, 5.74) is 0. The third-order valence-electron chi connectivity index (χ3n) is 12.9. The summed E-state index contributed by atoms with van der Waals surface area (Å²) in [5.74, 6) is 0.0535. The van der Waals surface area contributed by atoms with Gasteiger partial charge in [-0.25, -0.2) is 0 Å². The van der Waals surface area contributed by atoms with Crippen LogP contribution in [0.15, 0.2) is 0 Å². The topological polar surface area (TPSA) is 78.9 Å². The van der Waals surface area contributed by atoms with Gasteiger partial charge in [0, 0.05) is 19.3 Å². The van der Waals surface area contributed by atoms with Crippen molar-refractivity contribution < 1.29 is 28.6 Å². The Bertz CT molecular complexity index is 920. The molecule has 6 nitrogen and oxygen atoms in total. The van der Waals surface area contributed by atoms with Gasteiger partial charge < -0.3 is 14.2 Å². The molecule has 0 bridgehead atoms. The van der Waals surface area contributed by atoms with E-state index in [0.29, 0.717) is 19.3 Å². The molecule has 0 saturated heterocycles. The molecule has 0 radical (unpaired) electrons. The Morgan fingerprint density at radius 2 is 0.574 bits per heavy atom. The molecule has 0 saturated carbocycles. The fourth-order valence-electron chi connectivity index (χ4n) is 8.36. The summed E-state index contributed by atoms with van der Waals surface area (Å²) >= 11 is 0. The number of unbranched alkanes of at least 4 members (excludes halogenated alkanes) is 36. The standard InChI is InChI=1S/C55H106O6/c1-5-8-10-12-13-14-15-16-17-23-26-29-32-35-39-43-47-54(57)60-50-52(49-59-53(56)46-42-37-11-9-6-2)61-55(58)48-44-40-36-33-30-27-24-21-19-18-20-22-25-28-31-34-38-41-45-51(4)7-3/h51-52H,5-50H2,1-4H3/t51?,52-/m0/s1. The Hall–Kier alpha value is -1.59. The van der Waals surface area contributed by atoms with Crippen molar-refractivity contribution >= 4 is 17.9 Å². The van der Waals surface area contributed by atoms with E-state index in [2.05, 4.69) is 27.7 Å². The Morgan fingerprint density at radius 1 is 0.328 bits per heavy atom. The molecule has 0 aliphatic rings. The molecule has 362 valence electrons. The molecule has 0 amide bonds. The normalized spacial score (nSPS) is 12.4. The highest BCUT2D eigenvalue weighted by atomic mass is 16.6. The zero-order chi connectivity index (χ0) is 44.5. The molecule has 2 atom stereocenters. The van der Waals surface area contributed by atoms with Crippen LogP contribution in [0.5, 0.6) is 0 Å². The van der Waals surface area contributed by atoms with Gasteiger partial charge in [0.25, 0.3) is 0 Å². The average Bonchev–Trinajstić information content (AvgIpc) is 3.26. The van der Waals surface area contributed by atoms with Gasteiger partial charge in [-0.3, -0.25) is 14.4 Å². The van der Waals surface area contributed by atoms with Gasteiger partial charge in [0.1, 0.15) is 13.2 Å². The van der Waals surface area contributed by atoms with Crippen LogP contribution < -0.4 is 0 Å². The SMILES string of the molecule is CCCCCCCCCCCCCCCCCCC(=O)OC[C@H](COC(=O)CCCCCCC)OC(=O)CCCCCCCCCCCCCCCCCCCCC(C)CC. The summed E-state index contributed by atoms with van der Waals surface area (Å²) in [4.78, 5) is 37.7. The molecule has 0 N–H and O–H groups in total. The fourth-order valence-corrected chi connectivity index (χ4v) is 8.36. The highest BCUT2D eigenvalue weighted by molar-refractivity contribution is 5.71. The van der Waals surface area contributed by atoms with E-state index in [4.69, 9.17) is 14.2 Å². The summed E-state index contributed by atoms with van der Waals surface area (Å²) in [6.45, 7) is 9.01. The van der Waals surface area contributed by atoms with Crippen molar-refractivity contribution in [1.29, 1.82) is 0 Å². The number of esters is 3. The van der Waals surface area contributed by atoms with E-state index in [1.807, 2.05) is 0 Å². The van der Waals surface area contributed by atoms with E-state index in [0.717, 1.165) is 70.1 Å². The molecule has 0 aromatic heterocycles. The van der Waals surface area contributed by atoms with Crippen LogP contribution in [0.2, 0.25) is 0 Å². The van der Waals surface area contributed by atoms with Crippen LogP contribution in [0.1, 0.15) is 310 Å². The second kappa shape index (κ2) is 49.4. The largest absolute Gasteiger partial charge is 0.462 e. The fraction of sp³-hybridized carbons (Fsp3) is 0.945. The molecular weight excluding hydrogens is 757 g/mol. The number of carbonyl (C=O) groups excluding carboxylic acids is 3. The Balaban J connectivity index is 4.05. The zero-order valence-electron chi connectivity index (χ0n) is 41.6. The molecule has 6 heteroatoms. The lowest BCUT2D eigenvalue weighted by Gasteiger charge is -2.18. The highest BCUT2D eigenvalue weighted by Gasteiger charge is 2.19. The molecule has 0 aromatic rings. The van der Waals surface area contributed by atoms with Crippen LogP contribution in [0, 0.1) is 5.92 Å². The molecule has 0 aromatic carbocycles. The molecule has 1 unspecified atom stereocenters. The third-order valence-corrected chi connectivity index (χ3v) is 12.9. The summed E-state index contributed by atoms with van der Waals surface area (Å²) in [6.07, 6.45) is 52.7. The average molecular weight is 863 g/mol. The number of hydrogen-bond donors (Lipinski definition) is 0. The van der Waals surface area contributed by atoms with Crippen molar-refractivity contribution in [2.24, 2.45) is 5.92 Å². The lowest BCUT2D eigenvalue weighted by molar-refractivity contribution is -0.167. The van der Waals surface area contributed by atoms with E-state index in [1.165, 1.54) is 199 Å². The minimum atomic E-state index is -0.759. The van der Waals surface area contributed by atoms with Crippen molar-refractivity contribution in [2.75, 3.05) is 13.2 Å². The molecule has 0 rings (SSSR count). The lowest BCUT2D eigenvalue weighted by atomic mass is 9.99. The second-order valence-electron chi connectivity index (χ2n) is 19.1. The minimum Gasteiger partial charge on any atom is -0.462 e. The van der Waals surface area contributed by atoms with Crippen molar-refractivity contribution in [3.63, 3.8) is 0 Å². The van der Waals surface area contributed by atoms with Crippen LogP contribution in [0.25, 0.3) is 0 Å². The monoisotopic (exact) mass is 863 g/mol. The van der Waals surface area contributed by atoms with Gasteiger partial charge in [-0.15, -0.1) is 0 Å². The zero-order valence-corrected chi connectivity index (χ0v) is 41.6. The number of rotatable bonds is 50. The second-order valence-corrected chi connectivity index (χ2v) is 19.1. The summed E-state index contributed by atoms with van der Waals surface area (Å²) in [7, 11) is 0. The van der Waals surface area contributed by atoms with E-state index in [-0.39, 0.29) is 31.1 Å². The van der Waals surface area contributed by atoms with Crippen molar-refractivity contribution in [3.05, 3.63) is 0 Å². The predicted molar refractivity (Wildman–Crippen MR) is 261 cm³/mol. The van der Waals surface area contributed by atoms with Gasteiger partial charge in [-0.1, -0.05) is 272 Å². The minimum absolute atomic E-state index is 0.0635. The molecular formula is C55H106O6. The maximum absolute atomic E-state index is 12.8. The first-order valence-corrected chi connectivity index (χ1v) is 27.4. The van der Waals surface area contributed by atoms with Gasteiger partial charge in [-0.2, -0.15) is 0 Å². The first-order chi connectivity index (χ1) is 29.9. The molecule has 61 heavy (non-hydrogen) atoms. The summed E-state index contributed by atoms with van der Waals surface area (Å²) in [5, 5.41) is 0. The third kappa shape index (κ3) is 47.7. The van der Waals surface area contributed by atoms with Gasteiger partial charge in [0.05, 0.1) is 0 Å². The Kier molecular flexibility index (Phi) is 48.1. The number of carbonyl (C=O) groups is 3. The van der Waals surface area contributed by atoms with E-state index in [9.17, 15) is 14.4 Å². The Morgan fingerprint density at radius 3 is 0.852 bits per heavy atom. The molecule has 0 spiro atoms. The van der Waals surface area contributed by atoms with Gasteiger partial charge in [-0.05, 0) is 25.2 Å². The van der Waals surface area contributed by atoms with Gasteiger partial charge in [0.15, 0.2) is 6.10 Å². The Labute approximate surface area is 380 Å². The van der Waals surface area contributed by atoms with Crippen LogP contribution in [0.3, 0.4) is 0 Å². The smallest absolute Gasteiger partial charge is 0.306 e. The van der Waals surface area contributed by atoms with Crippen LogP contribution in [-0.4, -0.2) is 37.2 Å². The quantitative estimate of drug-likeness (QED) is 0.0344. The van der Waals surface area contributed by atoms with Crippen LogP contribution >= 0.6 is 0 Å². The molecule has 0 heterocycles. The van der Waals surface area contributed by atoms with Gasteiger partial charge >= 0.3 is 17.9 Å². The van der Waals surface area contributed by atoms with E-state index >= 15 is 0 Å². The first-order valence-electron chi connectivity index (χ1n) is 27.4. The molecule has 0 aliphatic heterocycles. The predicted octanol–water partition coefficient (Wildman–Crippen LogP) is 17.8. The van der Waals surface area contributed by atoms with Crippen LogP contribution in [0.4, 0.5) is 0 Å². The maximum Gasteiger partial charge on any atom is 0.306 e. The molecule has 0 aliphatic carbocycles. The van der Waals surface area contributed by atoms with Crippen molar-refractivity contribution in [2.45, 2.75) is 316 Å². The maximum atomic E-state index is 12.8. The lowest BCUT2D eigenvalue weighted by Crippen LogP contribution is -2.30. The number of hydrogen-bond acceptors (Lipinski definition) is 6. The van der Waals surface area contributed by atoms with Crippen molar-refractivity contribution in [3.8, 4) is 0 Å². The highest BCUT2D eigenvalue weighted by Crippen LogP contribution is 2.18. The summed E-state index contributed by atoms with van der Waals surface area (Å²) < 4.78 is 16.7. The van der Waals surface area contributed by atoms with Gasteiger partial charge in [0.2, 0.25) is 0 Å². The van der Waals surface area contributed by atoms with Crippen molar-refractivity contribution in [1.82, 2.24) is 0 Å². The summed E-state index contributed by atoms with van der Waals surface area (Å²) in [6, 6.07) is 0.